The van der Waals surface area contributed by atoms with Gasteiger partial charge in [0.15, 0.2) is 0 Å². The number of nitrogens with one attached hydrogen (secondary N) is 2. The van der Waals surface area contributed by atoms with Crippen molar-refractivity contribution >= 4 is 11.7 Å². The van der Waals surface area contributed by atoms with Crippen molar-refractivity contribution in [1.82, 2.24) is 14.9 Å². The van der Waals surface area contributed by atoms with Crippen LogP contribution in [0.25, 0.3) is 5.69 Å². The highest BCUT2D eigenvalue weighted by atomic mass is 19.4. The van der Waals surface area contributed by atoms with E-state index >= 15 is 0 Å². The van der Waals surface area contributed by atoms with E-state index < -0.39 is 11.7 Å². The van der Waals surface area contributed by atoms with Crippen molar-refractivity contribution in [1.29, 1.82) is 0 Å². The lowest BCUT2D eigenvalue weighted by Gasteiger charge is -2.09. The summed E-state index contributed by atoms with van der Waals surface area (Å²) in [6.45, 7) is 0.914. The van der Waals surface area contributed by atoms with Crippen LogP contribution in [0.3, 0.4) is 0 Å². The second-order valence-electron chi connectivity index (χ2n) is 6.10. The lowest BCUT2D eigenvalue weighted by molar-refractivity contribution is -0.137. The maximum absolute atomic E-state index is 12.5. The minimum Gasteiger partial charge on any atom is -0.370 e. The molecule has 0 aliphatic carbocycles. The van der Waals surface area contributed by atoms with Gasteiger partial charge in [-0.2, -0.15) is 13.2 Å². The van der Waals surface area contributed by atoms with E-state index in [1.807, 2.05) is 41.2 Å². The van der Waals surface area contributed by atoms with Crippen LogP contribution in [-0.4, -0.2) is 28.5 Å². The predicted octanol–water partition coefficient (Wildman–Crippen LogP) is 4.12. The number of carbonyl (C=O) groups is 1. The Morgan fingerprint density at radius 1 is 1.00 bits per heavy atom. The summed E-state index contributed by atoms with van der Waals surface area (Å²) in [5, 5.41) is 5.74. The van der Waals surface area contributed by atoms with E-state index in [4.69, 9.17) is 0 Å². The van der Waals surface area contributed by atoms with Crippen molar-refractivity contribution in [3.05, 3.63) is 78.2 Å². The average Bonchev–Trinajstić information content (AvgIpc) is 3.22. The lowest BCUT2D eigenvalue weighted by atomic mass is 10.2. The smallest absolute Gasteiger partial charge is 0.370 e. The minimum atomic E-state index is -4.39. The molecule has 0 saturated carbocycles. The molecule has 2 aromatic heterocycles. The van der Waals surface area contributed by atoms with Gasteiger partial charge in [0.05, 0.1) is 5.56 Å². The van der Waals surface area contributed by atoms with E-state index in [0.717, 1.165) is 18.0 Å². The molecule has 0 aliphatic rings. The van der Waals surface area contributed by atoms with Crippen LogP contribution in [0.15, 0.2) is 67.1 Å². The Bertz CT molecular complexity index is 889. The molecular weight excluding hydrogens is 369 g/mol. The summed E-state index contributed by atoms with van der Waals surface area (Å²) < 4.78 is 39.4. The number of hydrogen-bond donors (Lipinski definition) is 2. The summed E-state index contributed by atoms with van der Waals surface area (Å²) in [5.41, 5.74) is 0.746. The molecule has 5 nitrogen and oxygen atoms in total. The summed E-state index contributed by atoms with van der Waals surface area (Å²) in [6, 6.07) is 13.4. The summed E-state index contributed by atoms with van der Waals surface area (Å²) in [5.74, 6) is 0.187. The Hall–Kier alpha value is -3.29. The molecule has 0 radical (unpaired) electrons. The first-order valence-corrected chi connectivity index (χ1v) is 8.72. The number of aromatic nitrogens is 2. The first-order valence-electron chi connectivity index (χ1n) is 8.72. The number of nitrogens with zero attached hydrogens (tertiary/aromatic N) is 2. The van der Waals surface area contributed by atoms with Crippen LogP contribution < -0.4 is 10.6 Å². The van der Waals surface area contributed by atoms with E-state index in [1.165, 1.54) is 6.07 Å². The van der Waals surface area contributed by atoms with E-state index in [0.29, 0.717) is 30.9 Å². The van der Waals surface area contributed by atoms with Crippen LogP contribution in [0, 0.1) is 0 Å². The Morgan fingerprint density at radius 3 is 2.32 bits per heavy atom. The molecule has 0 atom stereocenters. The number of pyridine rings is 1. The highest BCUT2D eigenvalue weighted by Crippen LogP contribution is 2.28. The molecule has 8 heteroatoms. The van der Waals surface area contributed by atoms with Gasteiger partial charge in [-0.15, -0.1) is 0 Å². The van der Waals surface area contributed by atoms with Crippen molar-refractivity contribution in [3.63, 3.8) is 0 Å². The molecule has 0 saturated heterocycles. The molecule has 0 unspecified atom stereocenters. The van der Waals surface area contributed by atoms with Crippen molar-refractivity contribution < 1.29 is 18.0 Å². The van der Waals surface area contributed by atoms with Crippen molar-refractivity contribution in [2.45, 2.75) is 12.6 Å². The second kappa shape index (κ2) is 8.60. The van der Waals surface area contributed by atoms with Crippen LogP contribution in [0.5, 0.6) is 0 Å². The van der Waals surface area contributed by atoms with Crippen LogP contribution in [0.1, 0.15) is 22.3 Å². The lowest BCUT2D eigenvalue weighted by Crippen LogP contribution is -2.25. The minimum absolute atomic E-state index is 0.174. The van der Waals surface area contributed by atoms with Gasteiger partial charge >= 0.3 is 6.18 Å². The first-order chi connectivity index (χ1) is 13.4. The standard InChI is InChI=1S/C20H19F3N4O/c21-20(22,23)16-6-9-18(26-14-16)24-10-3-11-25-19(28)15-4-7-17(8-5-15)27-12-1-2-13-27/h1-2,4-9,12-14H,3,10-11H2,(H,24,26)(H,25,28). The Kier molecular flexibility index (Phi) is 5.98. The van der Waals surface area contributed by atoms with Gasteiger partial charge in [0.1, 0.15) is 5.82 Å². The summed E-state index contributed by atoms with van der Waals surface area (Å²) in [7, 11) is 0. The molecule has 0 bridgehead atoms. The Labute approximate surface area is 160 Å². The maximum atomic E-state index is 12.5. The van der Waals surface area contributed by atoms with E-state index in [1.54, 1.807) is 12.1 Å². The molecule has 2 N–H and O–H groups in total. The number of halogens is 3. The Balaban J connectivity index is 1.39. The molecule has 1 amide bonds. The summed E-state index contributed by atoms with van der Waals surface area (Å²) >= 11 is 0. The van der Waals surface area contributed by atoms with Crippen molar-refractivity contribution in [2.24, 2.45) is 0 Å². The van der Waals surface area contributed by atoms with Crippen molar-refractivity contribution in [3.8, 4) is 5.69 Å². The highest BCUT2D eigenvalue weighted by molar-refractivity contribution is 5.94. The number of carbonyl (C=O) groups excluding carboxylic acids is 1. The number of amides is 1. The molecular formula is C20H19F3N4O. The van der Waals surface area contributed by atoms with Gasteiger partial charge in [-0.25, -0.2) is 4.98 Å². The molecule has 0 fully saturated rings. The number of rotatable bonds is 7. The number of benzene rings is 1. The molecule has 2 heterocycles. The first kappa shape index (κ1) is 19.5. The monoisotopic (exact) mass is 388 g/mol. The van der Waals surface area contributed by atoms with Gasteiger partial charge in [-0.05, 0) is 55.0 Å². The fourth-order valence-electron chi connectivity index (χ4n) is 2.57. The van der Waals surface area contributed by atoms with Gasteiger partial charge in [0.2, 0.25) is 0 Å². The van der Waals surface area contributed by atoms with Gasteiger partial charge < -0.3 is 15.2 Å². The van der Waals surface area contributed by atoms with Crippen molar-refractivity contribution in [2.75, 3.05) is 18.4 Å². The SMILES string of the molecule is O=C(NCCCNc1ccc(C(F)(F)F)cn1)c1ccc(-n2cccc2)cc1. The maximum Gasteiger partial charge on any atom is 0.417 e. The van der Waals surface area contributed by atoms with E-state index in [9.17, 15) is 18.0 Å². The molecule has 28 heavy (non-hydrogen) atoms. The van der Waals surface area contributed by atoms with E-state index in [-0.39, 0.29) is 5.91 Å². The fraction of sp³-hybridized carbons (Fsp3) is 0.200. The van der Waals surface area contributed by atoms with E-state index in [2.05, 4.69) is 15.6 Å². The predicted molar refractivity (Wildman–Crippen MR) is 100 cm³/mol. The largest absolute Gasteiger partial charge is 0.417 e. The average molecular weight is 388 g/mol. The second-order valence-corrected chi connectivity index (χ2v) is 6.10. The molecule has 146 valence electrons. The zero-order valence-electron chi connectivity index (χ0n) is 14.9. The van der Waals surface area contributed by atoms with Crippen LogP contribution in [-0.2, 0) is 6.18 Å². The fourth-order valence-corrected chi connectivity index (χ4v) is 2.57. The normalized spacial score (nSPS) is 11.2. The molecule has 1 aromatic carbocycles. The molecule has 0 aliphatic heterocycles. The quantitative estimate of drug-likeness (QED) is 0.599. The third kappa shape index (κ3) is 5.12. The van der Waals surface area contributed by atoms with Gasteiger partial charge in [-0.3, -0.25) is 4.79 Å². The molecule has 3 rings (SSSR count). The Morgan fingerprint density at radius 2 is 1.71 bits per heavy atom. The van der Waals surface area contributed by atoms with Gasteiger partial charge in [0.25, 0.3) is 5.91 Å². The number of anilines is 1. The number of hydrogen-bond acceptors (Lipinski definition) is 3. The summed E-state index contributed by atoms with van der Waals surface area (Å²) in [6.07, 6.45) is 0.856. The van der Waals surface area contributed by atoms with Gasteiger partial charge in [0, 0.05) is 42.9 Å². The van der Waals surface area contributed by atoms with Crippen LogP contribution in [0.2, 0.25) is 0 Å². The molecule has 3 aromatic rings. The van der Waals surface area contributed by atoms with Crippen LogP contribution >= 0.6 is 0 Å². The third-order valence-corrected chi connectivity index (χ3v) is 4.07. The summed E-state index contributed by atoms with van der Waals surface area (Å²) in [4.78, 5) is 15.9. The topological polar surface area (TPSA) is 59.0 Å². The molecule has 0 spiro atoms. The third-order valence-electron chi connectivity index (χ3n) is 4.07. The number of alkyl halides is 3. The highest BCUT2D eigenvalue weighted by Gasteiger charge is 2.30. The zero-order chi connectivity index (χ0) is 20.0. The van der Waals surface area contributed by atoms with Gasteiger partial charge in [-0.1, -0.05) is 0 Å². The van der Waals surface area contributed by atoms with Crippen LogP contribution in [0.4, 0.5) is 19.0 Å². The zero-order valence-corrected chi connectivity index (χ0v) is 14.9.